The van der Waals surface area contributed by atoms with Crippen molar-refractivity contribution in [3.63, 3.8) is 0 Å². The van der Waals surface area contributed by atoms with Crippen LogP contribution >= 0.6 is 0 Å². The Morgan fingerprint density at radius 2 is 1.86 bits per heavy atom. The maximum Gasteiger partial charge on any atom is 0.303 e. The van der Waals surface area contributed by atoms with Crippen LogP contribution in [-0.2, 0) is 11.2 Å². The van der Waals surface area contributed by atoms with Gasteiger partial charge in [-0.15, -0.1) is 0 Å². The Kier molecular flexibility index (Phi) is 7.26. The number of hydrogen-bond donors (Lipinski definition) is 1. The molecule has 3 aromatic carbocycles. The van der Waals surface area contributed by atoms with Gasteiger partial charge in [0.25, 0.3) is 0 Å². The molecule has 1 aliphatic heterocycles. The molecule has 2 heterocycles. The zero-order valence-electron chi connectivity index (χ0n) is 23.3. The number of carboxylic acids is 1. The molecule has 0 saturated carbocycles. The van der Waals surface area contributed by atoms with Crippen molar-refractivity contribution in [3.05, 3.63) is 100 Å². The maximum absolute atomic E-state index is 15.2. The molecule has 0 radical (unpaired) electrons. The molecule has 6 rings (SSSR count). The van der Waals surface area contributed by atoms with Crippen LogP contribution in [-0.4, -0.2) is 22.7 Å². The average Bonchev–Trinajstić information content (AvgIpc) is 3.57. The highest BCUT2D eigenvalue weighted by Crippen LogP contribution is 2.45. The molecule has 0 unspecified atom stereocenters. The van der Waals surface area contributed by atoms with Crippen molar-refractivity contribution in [2.45, 2.75) is 51.6 Å². The summed E-state index contributed by atoms with van der Waals surface area (Å²) in [6, 6.07) is 20.1. The summed E-state index contributed by atoms with van der Waals surface area (Å²) in [6.07, 6.45) is 1.20. The van der Waals surface area contributed by atoms with E-state index in [1.165, 1.54) is 6.07 Å². The number of aliphatic carboxylic acids is 1. The first kappa shape index (κ1) is 27.3. The van der Waals surface area contributed by atoms with Gasteiger partial charge in [0, 0.05) is 46.5 Å². The van der Waals surface area contributed by atoms with E-state index in [0.29, 0.717) is 60.0 Å². The Balaban J connectivity index is 1.22. The molecule has 0 bridgehead atoms. The summed E-state index contributed by atoms with van der Waals surface area (Å²) in [5.74, 6) is 0.948. The first-order valence-corrected chi connectivity index (χ1v) is 13.9. The number of fused-ring (bicyclic) bond motifs is 2. The largest absolute Gasteiger partial charge is 0.493 e. The number of carbonyl (C=O) groups is 1. The highest BCUT2D eigenvalue weighted by molar-refractivity contribution is 5.68. The standard InChI is InChI=1S/C34H29FN2O5/c1-19-13-23(14-20(2)37-19)21-3-9-29(24(15-21)17-36)42-30-11-8-28(35)34-27(30)7-10-31(34)41-25-5-6-26-22(4-12-33(38)39)18-40-32(26)16-25/h3,5-6,8-9,11,13-16,22,31H,4,7,10,12,18H2,1-2H3,(H,38,39)/t22-,31-/m1/s1. The van der Waals surface area contributed by atoms with Gasteiger partial charge in [-0.1, -0.05) is 12.1 Å². The van der Waals surface area contributed by atoms with E-state index in [0.717, 1.165) is 33.6 Å². The molecule has 1 aliphatic carbocycles. The smallest absolute Gasteiger partial charge is 0.303 e. The van der Waals surface area contributed by atoms with Gasteiger partial charge in [0.1, 0.15) is 41.0 Å². The van der Waals surface area contributed by atoms with Crippen LogP contribution in [0.5, 0.6) is 23.0 Å². The molecule has 2 atom stereocenters. The first-order chi connectivity index (χ1) is 20.3. The number of hydrogen-bond acceptors (Lipinski definition) is 6. The number of nitrogens with zero attached hydrogens (tertiary/aromatic N) is 2. The summed E-state index contributed by atoms with van der Waals surface area (Å²) in [6.45, 7) is 4.30. The number of rotatable bonds is 8. The third-order valence-electron chi connectivity index (χ3n) is 7.82. The number of aromatic nitrogens is 1. The molecule has 4 aromatic rings. The number of benzene rings is 3. The molecular formula is C34H29FN2O5. The van der Waals surface area contributed by atoms with E-state index in [4.69, 9.17) is 19.3 Å². The number of pyridine rings is 1. The molecule has 0 fully saturated rings. The van der Waals surface area contributed by atoms with E-state index in [-0.39, 0.29) is 18.2 Å². The SMILES string of the molecule is Cc1cc(-c2ccc(Oc3ccc(F)c4c3CC[C@H]4Oc3ccc4c(c3)OC[C@H]4CCC(=O)O)c(C#N)c2)cc(C)n1. The fourth-order valence-corrected chi connectivity index (χ4v) is 5.89. The van der Waals surface area contributed by atoms with Crippen LogP contribution < -0.4 is 14.2 Å². The van der Waals surface area contributed by atoms with E-state index < -0.39 is 12.1 Å². The lowest BCUT2D eigenvalue weighted by Gasteiger charge is -2.18. The van der Waals surface area contributed by atoms with Gasteiger partial charge < -0.3 is 19.3 Å². The first-order valence-electron chi connectivity index (χ1n) is 13.9. The van der Waals surface area contributed by atoms with Crippen LogP contribution in [0.2, 0.25) is 0 Å². The lowest BCUT2D eigenvalue weighted by molar-refractivity contribution is -0.137. The number of aryl methyl sites for hydroxylation is 2. The number of nitriles is 1. The Morgan fingerprint density at radius 1 is 1.07 bits per heavy atom. The molecule has 7 nitrogen and oxygen atoms in total. The second kappa shape index (κ2) is 11.2. The highest BCUT2D eigenvalue weighted by atomic mass is 19.1. The molecule has 1 N–H and O–H groups in total. The maximum atomic E-state index is 15.2. The van der Waals surface area contributed by atoms with Crippen molar-refractivity contribution < 1.29 is 28.5 Å². The Morgan fingerprint density at radius 3 is 2.62 bits per heavy atom. The van der Waals surface area contributed by atoms with Crippen LogP contribution in [0.25, 0.3) is 11.1 Å². The van der Waals surface area contributed by atoms with Crippen molar-refractivity contribution in [3.8, 4) is 40.2 Å². The van der Waals surface area contributed by atoms with E-state index in [1.807, 2.05) is 44.2 Å². The third kappa shape index (κ3) is 5.38. The van der Waals surface area contributed by atoms with Crippen LogP contribution in [0.3, 0.4) is 0 Å². The zero-order valence-corrected chi connectivity index (χ0v) is 23.3. The van der Waals surface area contributed by atoms with Gasteiger partial charge in [0.05, 0.1) is 12.2 Å². The van der Waals surface area contributed by atoms with Gasteiger partial charge in [0.15, 0.2) is 0 Å². The topological polar surface area (TPSA) is 102 Å². The van der Waals surface area contributed by atoms with E-state index in [9.17, 15) is 10.1 Å². The van der Waals surface area contributed by atoms with Crippen LogP contribution in [0.15, 0.2) is 60.7 Å². The van der Waals surface area contributed by atoms with Crippen molar-refractivity contribution >= 4 is 5.97 Å². The van der Waals surface area contributed by atoms with Crippen LogP contribution in [0.1, 0.15) is 64.9 Å². The van der Waals surface area contributed by atoms with Gasteiger partial charge in [-0.3, -0.25) is 9.78 Å². The predicted molar refractivity (Wildman–Crippen MR) is 154 cm³/mol. The summed E-state index contributed by atoms with van der Waals surface area (Å²) in [5, 5.41) is 18.9. The van der Waals surface area contributed by atoms with Gasteiger partial charge in [-0.05, 0) is 86.7 Å². The monoisotopic (exact) mass is 564 g/mol. The third-order valence-corrected chi connectivity index (χ3v) is 7.82. The quantitative estimate of drug-likeness (QED) is 0.235. The van der Waals surface area contributed by atoms with Crippen molar-refractivity contribution in [1.82, 2.24) is 4.98 Å². The molecule has 212 valence electrons. The molecule has 0 amide bonds. The lowest BCUT2D eigenvalue weighted by atomic mass is 9.96. The number of ether oxygens (including phenoxy) is 3. The van der Waals surface area contributed by atoms with Crippen molar-refractivity contribution in [2.75, 3.05) is 6.61 Å². The fraction of sp³-hybridized carbons (Fsp3) is 0.265. The Labute approximate surface area is 243 Å². The summed E-state index contributed by atoms with van der Waals surface area (Å²) in [5.41, 5.74) is 6.17. The van der Waals surface area contributed by atoms with E-state index >= 15 is 4.39 Å². The molecular weight excluding hydrogens is 535 g/mol. The predicted octanol–water partition coefficient (Wildman–Crippen LogP) is 7.58. The number of halogens is 1. The van der Waals surface area contributed by atoms with Crippen molar-refractivity contribution in [2.24, 2.45) is 0 Å². The number of carboxylic acid groups (broad SMARTS) is 1. The average molecular weight is 565 g/mol. The molecule has 1 aromatic heterocycles. The second-order valence-corrected chi connectivity index (χ2v) is 10.8. The zero-order chi connectivity index (χ0) is 29.4. The molecule has 0 spiro atoms. The minimum Gasteiger partial charge on any atom is -0.493 e. The van der Waals surface area contributed by atoms with Gasteiger partial charge in [-0.25, -0.2) is 4.39 Å². The van der Waals surface area contributed by atoms with Gasteiger partial charge in [0.2, 0.25) is 0 Å². The van der Waals surface area contributed by atoms with Gasteiger partial charge in [-0.2, -0.15) is 5.26 Å². The normalized spacial score (nSPS) is 16.7. The van der Waals surface area contributed by atoms with E-state index in [2.05, 4.69) is 11.1 Å². The summed E-state index contributed by atoms with van der Waals surface area (Å²) < 4.78 is 33.4. The highest BCUT2D eigenvalue weighted by Gasteiger charge is 2.32. The van der Waals surface area contributed by atoms with Crippen molar-refractivity contribution in [1.29, 1.82) is 5.26 Å². The fourth-order valence-electron chi connectivity index (χ4n) is 5.89. The summed E-state index contributed by atoms with van der Waals surface area (Å²) in [4.78, 5) is 15.4. The molecule has 2 aliphatic rings. The van der Waals surface area contributed by atoms with E-state index in [1.54, 1.807) is 24.3 Å². The molecule has 42 heavy (non-hydrogen) atoms. The molecule has 0 saturated heterocycles. The summed E-state index contributed by atoms with van der Waals surface area (Å²) in [7, 11) is 0. The lowest BCUT2D eigenvalue weighted by Crippen LogP contribution is -2.06. The minimum absolute atomic E-state index is 0.0276. The Bertz CT molecular complexity index is 1720. The van der Waals surface area contributed by atoms with Crippen LogP contribution in [0.4, 0.5) is 4.39 Å². The van der Waals surface area contributed by atoms with Gasteiger partial charge >= 0.3 is 5.97 Å². The van der Waals surface area contributed by atoms with Crippen LogP contribution in [0, 0.1) is 31.0 Å². The Hall–Kier alpha value is -4.90. The molecule has 8 heteroatoms. The summed E-state index contributed by atoms with van der Waals surface area (Å²) >= 11 is 0. The minimum atomic E-state index is -0.829. The second-order valence-electron chi connectivity index (χ2n) is 10.8.